The number of ketones is 1. The molecule has 3 rings (SSSR count). The first kappa shape index (κ1) is 18.1. The third-order valence-corrected chi connectivity index (χ3v) is 4.82. The Labute approximate surface area is 154 Å². The average Bonchev–Trinajstić information content (AvgIpc) is 2.68. The fourth-order valence-corrected chi connectivity index (χ4v) is 3.04. The molecule has 26 heavy (non-hydrogen) atoms. The average molecular weight is 348 g/mol. The van der Waals surface area contributed by atoms with E-state index in [0.717, 1.165) is 30.6 Å². The second kappa shape index (κ2) is 8.11. The van der Waals surface area contributed by atoms with Crippen molar-refractivity contribution in [3.8, 4) is 0 Å². The molecule has 0 fully saturated rings. The number of hydrogen-bond acceptors (Lipinski definition) is 3. The lowest BCUT2D eigenvalue weighted by Crippen LogP contribution is -2.30. The Kier molecular flexibility index (Phi) is 5.64. The third-order valence-electron chi connectivity index (χ3n) is 4.82. The Morgan fingerprint density at radius 1 is 1.04 bits per heavy atom. The van der Waals surface area contributed by atoms with Gasteiger partial charge < -0.3 is 10.6 Å². The normalized spacial score (nSPS) is 13.8. The van der Waals surface area contributed by atoms with Gasteiger partial charge in [-0.3, -0.25) is 9.59 Å². The number of carbonyl (C=O) groups excluding carboxylic acids is 2. The molecule has 0 aliphatic carbocycles. The zero-order valence-corrected chi connectivity index (χ0v) is 15.3. The van der Waals surface area contributed by atoms with Crippen LogP contribution in [0.15, 0.2) is 54.1 Å². The van der Waals surface area contributed by atoms with Crippen LogP contribution >= 0.6 is 0 Å². The highest BCUT2D eigenvalue weighted by Crippen LogP contribution is 2.18. The Morgan fingerprint density at radius 2 is 1.81 bits per heavy atom. The molecule has 2 aromatic carbocycles. The minimum atomic E-state index is -0.211. The third kappa shape index (κ3) is 4.09. The molecular formula is C22H24N2O2. The first-order valence-corrected chi connectivity index (χ1v) is 8.94. The van der Waals surface area contributed by atoms with Gasteiger partial charge in [0, 0.05) is 24.2 Å². The van der Waals surface area contributed by atoms with Gasteiger partial charge >= 0.3 is 0 Å². The smallest absolute Gasteiger partial charge is 0.252 e. The van der Waals surface area contributed by atoms with Crippen LogP contribution in [-0.2, 0) is 0 Å². The lowest BCUT2D eigenvalue weighted by molar-refractivity contribution is 0.0945. The number of hydrogen-bond donors (Lipinski definition) is 2. The maximum absolute atomic E-state index is 12.9. The maximum Gasteiger partial charge on any atom is 0.252 e. The van der Waals surface area contributed by atoms with Crippen molar-refractivity contribution in [2.45, 2.75) is 20.3 Å². The van der Waals surface area contributed by atoms with Crippen LogP contribution in [-0.4, -0.2) is 31.3 Å². The molecular weight excluding hydrogens is 324 g/mol. The number of aryl methyl sites for hydroxylation is 2. The fourth-order valence-electron chi connectivity index (χ4n) is 3.04. The van der Waals surface area contributed by atoms with Gasteiger partial charge in [-0.2, -0.15) is 0 Å². The molecule has 0 spiro atoms. The summed E-state index contributed by atoms with van der Waals surface area (Å²) in [5, 5.41) is 6.20. The molecule has 2 aromatic rings. The maximum atomic E-state index is 12.9. The van der Waals surface area contributed by atoms with E-state index in [2.05, 4.69) is 16.7 Å². The van der Waals surface area contributed by atoms with Crippen LogP contribution in [0.1, 0.15) is 43.8 Å². The van der Waals surface area contributed by atoms with Gasteiger partial charge in [-0.05, 0) is 50.1 Å². The van der Waals surface area contributed by atoms with Crippen LogP contribution in [0.3, 0.4) is 0 Å². The van der Waals surface area contributed by atoms with Gasteiger partial charge in [-0.15, -0.1) is 0 Å². The van der Waals surface area contributed by atoms with Crippen molar-refractivity contribution in [1.29, 1.82) is 0 Å². The van der Waals surface area contributed by atoms with Crippen LogP contribution in [0.2, 0.25) is 0 Å². The van der Waals surface area contributed by atoms with Crippen LogP contribution in [0.5, 0.6) is 0 Å². The number of rotatable bonds is 5. The molecule has 0 atom stereocenters. The predicted octanol–water partition coefficient (Wildman–Crippen LogP) is 3.18. The number of benzene rings is 2. The molecule has 1 amide bonds. The standard InChI is InChI=1S/C22H24N2O2/c1-15-7-8-18(13-16(15)2)21(25)19-5-3-4-6-20(19)22(26)24-14-17-9-11-23-12-10-17/h3-9,13,23H,10-12,14H2,1-2H3,(H,24,26). The summed E-state index contributed by atoms with van der Waals surface area (Å²) in [6.45, 7) is 6.29. The van der Waals surface area contributed by atoms with Crippen molar-refractivity contribution >= 4 is 11.7 Å². The monoisotopic (exact) mass is 348 g/mol. The molecule has 0 saturated carbocycles. The summed E-state index contributed by atoms with van der Waals surface area (Å²) < 4.78 is 0. The van der Waals surface area contributed by atoms with Crippen molar-refractivity contribution < 1.29 is 9.59 Å². The van der Waals surface area contributed by atoms with Crippen LogP contribution in [0.25, 0.3) is 0 Å². The lowest BCUT2D eigenvalue weighted by atomic mass is 9.95. The van der Waals surface area contributed by atoms with Crippen molar-refractivity contribution in [3.63, 3.8) is 0 Å². The highest BCUT2D eigenvalue weighted by molar-refractivity contribution is 6.15. The van der Waals surface area contributed by atoms with E-state index in [9.17, 15) is 9.59 Å². The fraction of sp³-hybridized carbons (Fsp3) is 0.273. The number of nitrogens with one attached hydrogen (secondary N) is 2. The molecule has 0 saturated heterocycles. The summed E-state index contributed by atoms with van der Waals surface area (Å²) in [6.07, 6.45) is 3.04. The second-order valence-corrected chi connectivity index (χ2v) is 6.67. The van der Waals surface area contributed by atoms with Gasteiger partial charge in [0.1, 0.15) is 0 Å². The SMILES string of the molecule is Cc1ccc(C(=O)c2ccccc2C(=O)NCC2=CCNCC2)cc1C. The molecule has 134 valence electrons. The molecule has 0 aromatic heterocycles. The highest BCUT2D eigenvalue weighted by Gasteiger charge is 2.18. The molecule has 0 bridgehead atoms. The second-order valence-electron chi connectivity index (χ2n) is 6.67. The van der Waals surface area contributed by atoms with Gasteiger partial charge in [0.15, 0.2) is 5.78 Å². The molecule has 4 heteroatoms. The minimum absolute atomic E-state index is 0.125. The van der Waals surface area contributed by atoms with Gasteiger partial charge in [-0.25, -0.2) is 0 Å². The van der Waals surface area contributed by atoms with E-state index in [1.54, 1.807) is 24.3 Å². The number of carbonyl (C=O) groups is 2. The van der Waals surface area contributed by atoms with Gasteiger partial charge in [0.2, 0.25) is 0 Å². The number of amides is 1. The Bertz CT molecular complexity index is 868. The van der Waals surface area contributed by atoms with Gasteiger partial charge in [-0.1, -0.05) is 42.0 Å². The van der Waals surface area contributed by atoms with Crippen LogP contribution < -0.4 is 10.6 Å². The summed E-state index contributed by atoms with van der Waals surface area (Å²) in [6, 6.07) is 12.6. The van der Waals surface area contributed by atoms with E-state index in [1.807, 2.05) is 32.0 Å². The van der Waals surface area contributed by atoms with Gasteiger partial charge in [0.25, 0.3) is 5.91 Å². The molecule has 0 radical (unpaired) electrons. The molecule has 1 aliphatic heterocycles. The van der Waals surface area contributed by atoms with E-state index < -0.39 is 0 Å². The summed E-state index contributed by atoms with van der Waals surface area (Å²) in [4.78, 5) is 25.6. The first-order chi connectivity index (χ1) is 12.6. The molecule has 2 N–H and O–H groups in total. The summed E-state index contributed by atoms with van der Waals surface area (Å²) >= 11 is 0. The van der Waals surface area contributed by atoms with E-state index in [1.165, 1.54) is 5.57 Å². The summed E-state index contributed by atoms with van der Waals surface area (Å²) in [5.74, 6) is -0.336. The zero-order valence-electron chi connectivity index (χ0n) is 15.3. The molecule has 4 nitrogen and oxygen atoms in total. The van der Waals surface area contributed by atoms with Gasteiger partial charge in [0.05, 0.1) is 5.56 Å². The minimum Gasteiger partial charge on any atom is -0.348 e. The quantitative estimate of drug-likeness (QED) is 0.644. The molecule has 0 unspecified atom stereocenters. The van der Waals surface area contributed by atoms with E-state index in [-0.39, 0.29) is 11.7 Å². The van der Waals surface area contributed by atoms with Crippen LogP contribution in [0, 0.1) is 13.8 Å². The summed E-state index contributed by atoms with van der Waals surface area (Å²) in [5.41, 5.74) is 4.89. The van der Waals surface area contributed by atoms with Crippen molar-refractivity contribution in [1.82, 2.24) is 10.6 Å². The highest BCUT2D eigenvalue weighted by atomic mass is 16.2. The molecule has 1 heterocycles. The van der Waals surface area contributed by atoms with Crippen LogP contribution in [0.4, 0.5) is 0 Å². The van der Waals surface area contributed by atoms with E-state index >= 15 is 0 Å². The predicted molar refractivity (Wildman–Crippen MR) is 104 cm³/mol. The Balaban J connectivity index is 1.80. The summed E-state index contributed by atoms with van der Waals surface area (Å²) in [7, 11) is 0. The topological polar surface area (TPSA) is 58.2 Å². The van der Waals surface area contributed by atoms with E-state index in [4.69, 9.17) is 0 Å². The lowest BCUT2D eigenvalue weighted by Gasteiger charge is -2.15. The Hall–Kier alpha value is -2.72. The first-order valence-electron chi connectivity index (χ1n) is 8.94. The molecule has 1 aliphatic rings. The van der Waals surface area contributed by atoms with Crippen molar-refractivity contribution in [3.05, 3.63) is 81.9 Å². The Morgan fingerprint density at radius 3 is 2.50 bits per heavy atom. The largest absolute Gasteiger partial charge is 0.348 e. The van der Waals surface area contributed by atoms with E-state index in [0.29, 0.717) is 23.2 Å². The van der Waals surface area contributed by atoms with Crippen molar-refractivity contribution in [2.75, 3.05) is 19.6 Å². The zero-order chi connectivity index (χ0) is 18.5. The van der Waals surface area contributed by atoms with Crippen molar-refractivity contribution in [2.24, 2.45) is 0 Å².